The quantitative estimate of drug-likeness (QED) is 0.558. The van der Waals surface area contributed by atoms with Crippen molar-refractivity contribution in [2.75, 3.05) is 39.6 Å². The van der Waals surface area contributed by atoms with E-state index in [4.69, 9.17) is 11.6 Å². The lowest BCUT2D eigenvalue weighted by molar-refractivity contribution is -0.890. The molecule has 8 heteroatoms. The topological polar surface area (TPSA) is 79.9 Å². The Bertz CT molecular complexity index is 822. The summed E-state index contributed by atoms with van der Waals surface area (Å²) in [5, 5.41) is 14.0. The molecule has 2 rings (SSSR count). The number of quaternary nitrogens is 1. The minimum Gasteiger partial charge on any atom is -0.378 e. The third-order valence-electron chi connectivity index (χ3n) is 4.38. The number of carbonyl (C=O) groups is 1. The Morgan fingerprint density at radius 3 is 2.37 bits per heavy atom. The second-order valence-corrected chi connectivity index (χ2v) is 7.15. The smallest absolute Gasteiger partial charge is 0.270 e. The van der Waals surface area contributed by atoms with Gasteiger partial charge in [0.15, 0.2) is 0 Å². The number of hydrogen-bond acceptors (Lipinski definition) is 4. The number of nitro groups is 1. The van der Waals surface area contributed by atoms with Crippen molar-refractivity contribution in [3.63, 3.8) is 0 Å². The highest BCUT2D eigenvalue weighted by atomic mass is 35.5. The highest BCUT2D eigenvalue weighted by Gasteiger charge is 2.21. The van der Waals surface area contributed by atoms with E-state index in [9.17, 15) is 14.9 Å². The van der Waals surface area contributed by atoms with E-state index < -0.39 is 10.8 Å². The molecule has 0 aliphatic heterocycles. The van der Waals surface area contributed by atoms with Crippen LogP contribution in [0.5, 0.6) is 0 Å². The largest absolute Gasteiger partial charge is 0.378 e. The number of nitrogens with one attached hydrogen (secondary N) is 2. The number of hydrogen-bond donors (Lipinski definition) is 2. The second kappa shape index (κ2) is 8.83. The Hall–Kier alpha value is -2.64. The lowest BCUT2D eigenvalue weighted by atomic mass is 10.0. The number of carbonyl (C=O) groups excluding carboxylic acids is 1. The van der Waals surface area contributed by atoms with Gasteiger partial charge in [0.2, 0.25) is 0 Å². The molecule has 1 amide bonds. The molecule has 2 aromatic rings. The SMILES string of the molecule is CN(C)c1ccc([C@@H](CNC(=O)c2cc([N+](=O)[O-])ccc2Cl)[NH+](C)C)cc1. The van der Waals surface area contributed by atoms with Gasteiger partial charge in [-0.05, 0) is 18.2 Å². The molecule has 0 unspecified atom stereocenters. The summed E-state index contributed by atoms with van der Waals surface area (Å²) in [5.41, 5.74) is 2.12. The normalized spacial score (nSPS) is 11.9. The van der Waals surface area contributed by atoms with Crippen molar-refractivity contribution in [1.29, 1.82) is 0 Å². The summed E-state index contributed by atoms with van der Waals surface area (Å²) in [5.74, 6) is -0.431. The molecule has 1 atom stereocenters. The maximum absolute atomic E-state index is 12.5. The highest BCUT2D eigenvalue weighted by molar-refractivity contribution is 6.33. The minimum absolute atomic E-state index is 0.0302. The van der Waals surface area contributed by atoms with E-state index in [0.717, 1.165) is 16.2 Å². The standard InChI is InChI=1S/C19H23ClN4O3/c1-22(2)14-7-5-13(6-8-14)18(23(3)4)12-21-19(25)16-11-15(24(26)27)9-10-17(16)20/h5-11,18H,12H2,1-4H3,(H,21,25)/p+1/t18-/m1/s1. The number of halogens is 1. The molecule has 0 bridgehead atoms. The summed E-state index contributed by atoms with van der Waals surface area (Å²) in [6.07, 6.45) is 0. The van der Waals surface area contributed by atoms with Crippen LogP contribution in [-0.2, 0) is 0 Å². The van der Waals surface area contributed by atoms with Crippen molar-refractivity contribution >= 4 is 28.9 Å². The van der Waals surface area contributed by atoms with Gasteiger partial charge in [0.1, 0.15) is 6.04 Å². The molecule has 0 aliphatic rings. The zero-order chi connectivity index (χ0) is 20.1. The van der Waals surface area contributed by atoms with Crippen LogP contribution in [0.1, 0.15) is 22.0 Å². The fraction of sp³-hybridized carbons (Fsp3) is 0.316. The van der Waals surface area contributed by atoms with Crippen LogP contribution in [0, 0.1) is 10.1 Å². The predicted molar refractivity (Wildman–Crippen MR) is 107 cm³/mol. The summed E-state index contributed by atoms with van der Waals surface area (Å²) in [7, 11) is 7.98. The second-order valence-electron chi connectivity index (χ2n) is 6.75. The average Bonchev–Trinajstić information content (AvgIpc) is 2.62. The van der Waals surface area contributed by atoms with Gasteiger partial charge in [-0.2, -0.15) is 0 Å². The Morgan fingerprint density at radius 2 is 1.85 bits per heavy atom. The number of benzene rings is 2. The summed E-state index contributed by atoms with van der Waals surface area (Å²) in [6, 6.07) is 12.0. The molecule has 0 saturated heterocycles. The molecule has 0 saturated carbocycles. The van der Waals surface area contributed by atoms with Gasteiger partial charge < -0.3 is 15.1 Å². The first-order valence-electron chi connectivity index (χ1n) is 8.50. The van der Waals surface area contributed by atoms with Crippen LogP contribution in [-0.4, -0.2) is 45.6 Å². The molecular formula is C19H24ClN4O3+. The van der Waals surface area contributed by atoms with Crippen molar-refractivity contribution < 1.29 is 14.6 Å². The van der Waals surface area contributed by atoms with Crippen LogP contribution >= 0.6 is 11.6 Å². The molecule has 0 aromatic heterocycles. The van der Waals surface area contributed by atoms with E-state index in [2.05, 4.69) is 5.32 Å². The van der Waals surface area contributed by atoms with Crippen LogP contribution in [0.15, 0.2) is 42.5 Å². The van der Waals surface area contributed by atoms with Crippen LogP contribution in [0.2, 0.25) is 5.02 Å². The fourth-order valence-electron chi connectivity index (χ4n) is 2.75. The number of nitrogens with zero attached hydrogens (tertiary/aromatic N) is 2. The van der Waals surface area contributed by atoms with Gasteiger partial charge >= 0.3 is 0 Å². The molecule has 27 heavy (non-hydrogen) atoms. The van der Waals surface area contributed by atoms with Gasteiger partial charge in [-0.3, -0.25) is 14.9 Å². The molecular weight excluding hydrogens is 368 g/mol. The third-order valence-corrected chi connectivity index (χ3v) is 4.71. The van der Waals surface area contributed by atoms with Crippen LogP contribution in [0.25, 0.3) is 0 Å². The number of nitro benzene ring substituents is 1. The maximum Gasteiger partial charge on any atom is 0.270 e. The summed E-state index contributed by atoms with van der Waals surface area (Å²) in [4.78, 5) is 26.1. The Kier molecular flexibility index (Phi) is 6.76. The van der Waals surface area contributed by atoms with Crippen molar-refractivity contribution in [2.24, 2.45) is 0 Å². The first-order chi connectivity index (χ1) is 12.7. The van der Waals surface area contributed by atoms with Gasteiger partial charge in [0.05, 0.1) is 36.1 Å². The zero-order valence-corrected chi connectivity index (χ0v) is 16.6. The van der Waals surface area contributed by atoms with Crippen molar-refractivity contribution in [3.8, 4) is 0 Å². The van der Waals surface area contributed by atoms with E-state index in [1.54, 1.807) is 0 Å². The zero-order valence-electron chi connectivity index (χ0n) is 15.8. The van der Waals surface area contributed by atoms with Crippen LogP contribution < -0.4 is 15.1 Å². The van der Waals surface area contributed by atoms with Crippen molar-refractivity contribution in [3.05, 3.63) is 68.7 Å². The maximum atomic E-state index is 12.5. The molecule has 7 nitrogen and oxygen atoms in total. The van der Waals surface area contributed by atoms with Crippen LogP contribution in [0.4, 0.5) is 11.4 Å². The van der Waals surface area contributed by atoms with Gasteiger partial charge in [0.25, 0.3) is 11.6 Å². The number of likely N-dealkylation sites (N-methyl/N-ethyl adjacent to an activating group) is 1. The van der Waals surface area contributed by atoms with E-state index in [0.29, 0.717) is 6.54 Å². The molecule has 0 heterocycles. The van der Waals surface area contributed by atoms with E-state index in [1.807, 2.05) is 57.4 Å². The lowest BCUT2D eigenvalue weighted by Gasteiger charge is -2.23. The van der Waals surface area contributed by atoms with Crippen molar-refractivity contribution in [1.82, 2.24) is 5.32 Å². The first kappa shape index (κ1) is 20.7. The average molecular weight is 392 g/mol. The summed E-state index contributed by atoms with van der Waals surface area (Å²) in [6.45, 7) is 0.376. The van der Waals surface area contributed by atoms with E-state index in [1.165, 1.54) is 18.2 Å². The molecule has 0 fully saturated rings. The molecule has 2 N–H and O–H groups in total. The Morgan fingerprint density at radius 1 is 1.22 bits per heavy atom. The molecule has 0 radical (unpaired) electrons. The van der Waals surface area contributed by atoms with Gasteiger partial charge in [-0.15, -0.1) is 0 Å². The number of rotatable bonds is 7. The predicted octanol–water partition coefficient (Wildman–Crippen LogP) is 1.93. The Balaban J connectivity index is 2.15. The first-order valence-corrected chi connectivity index (χ1v) is 8.88. The van der Waals surface area contributed by atoms with Crippen LogP contribution in [0.3, 0.4) is 0 Å². The molecule has 0 aliphatic carbocycles. The molecule has 2 aromatic carbocycles. The molecule has 0 spiro atoms. The minimum atomic E-state index is -0.549. The highest BCUT2D eigenvalue weighted by Crippen LogP contribution is 2.22. The number of anilines is 1. The summed E-state index contributed by atoms with van der Waals surface area (Å²) >= 11 is 6.04. The van der Waals surface area contributed by atoms with E-state index >= 15 is 0 Å². The van der Waals surface area contributed by atoms with Gasteiger partial charge in [-0.25, -0.2) is 0 Å². The third kappa shape index (κ3) is 5.18. The monoisotopic (exact) mass is 391 g/mol. The number of non-ortho nitro benzene ring substituents is 1. The van der Waals surface area contributed by atoms with Crippen molar-refractivity contribution in [2.45, 2.75) is 6.04 Å². The number of amides is 1. The van der Waals surface area contributed by atoms with E-state index in [-0.39, 0.29) is 22.3 Å². The fourth-order valence-corrected chi connectivity index (χ4v) is 2.95. The lowest BCUT2D eigenvalue weighted by Crippen LogP contribution is -3.07. The Labute approximate surface area is 163 Å². The van der Waals surface area contributed by atoms with Gasteiger partial charge in [0, 0.05) is 37.5 Å². The molecule has 144 valence electrons. The van der Waals surface area contributed by atoms with Gasteiger partial charge in [-0.1, -0.05) is 23.7 Å². The summed E-state index contributed by atoms with van der Waals surface area (Å²) < 4.78 is 0.